The molecule has 0 atom stereocenters. The van der Waals surface area contributed by atoms with Crippen LogP contribution in [-0.2, 0) is 11.3 Å². The average molecular weight is 479 g/mol. The van der Waals surface area contributed by atoms with Crippen LogP contribution in [0.2, 0.25) is 0 Å². The summed E-state index contributed by atoms with van der Waals surface area (Å²) < 4.78 is 22.0. The number of hydrogen-bond donors (Lipinski definition) is 0. The van der Waals surface area contributed by atoms with Crippen LogP contribution in [-0.4, -0.2) is 65.0 Å². The molecule has 35 heavy (non-hydrogen) atoms. The lowest BCUT2D eigenvalue weighted by atomic mass is 9.99. The Morgan fingerprint density at radius 2 is 1.94 bits per heavy atom. The van der Waals surface area contributed by atoms with Crippen LogP contribution in [0.4, 0.5) is 9.18 Å². The first-order valence-electron chi connectivity index (χ1n) is 12.2. The van der Waals surface area contributed by atoms with Gasteiger partial charge in [0, 0.05) is 30.6 Å². The maximum atomic E-state index is 14.4. The molecule has 4 rings (SSSR count). The fraction of sp³-hybridized carbons (Fsp3) is 0.429. The summed E-state index contributed by atoms with van der Waals surface area (Å²) in [5.41, 5.74) is 3.98. The predicted molar refractivity (Wildman–Crippen MR) is 139 cm³/mol. The monoisotopic (exact) mass is 478 g/mol. The molecule has 0 saturated carbocycles. The molecule has 7 heteroatoms. The summed E-state index contributed by atoms with van der Waals surface area (Å²) >= 11 is 0. The van der Waals surface area contributed by atoms with Crippen molar-refractivity contribution >= 4 is 22.6 Å². The molecule has 1 aromatic heterocycles. The van der Waals surface area contributed by atoms with Crippen LogP contribution in [0.15, 0.2) is 48.5 Å². The van der Waals surface area contributed by atoms with Crippen molar-refractivity contribution in [3.8, 4) is 11.1 Å². The fourth-order valence-corrected chi connectivity index (χ4v) is 4.41. The fourth-order valence-electron chi connectivity index (χ4n) is 4.41. The normalized spacial score (nSPS) is 14.5. The summed E-state index contributed by atoms with van der Waals surface area (Å²) in [4.78, 5) is 16.4. The molecule has 0 N–H and O–H groups in total. The molecule has 0 saturated heterocycles. The van der Waals surface area contributed by atoms with E-state index in [9.17, 15) is 9.18 Å². The van der Waals surface area contributed by atoms with Crippen LogP contribution in [0.3, 0.4) is 0 Å². The zero-order valence-corrected chi connectivity index (χ0v) is 21.3. The van der Waals surface area contributed by atoms with Crippen LogP contribution >= 0.6 is 0 Å². The third-order valence-electron chi connectivity index (χ3n) is 6.06. The number of aromatic nitrogens is 2. The molecular weight excluding hydrogens is 443 g/mol. The lowest BCUT2D eigenvalue weighted by molar-refractivity contribution is 0.0270. The first-order valence-corrected chi connectivity index (χ1v) is 12.2. The summed E-state index contributed by atoms with van der Waals surface area (Å²) in [5, 5.41) is 5.98. The van der Waals surface area contributed by atoms with Gasteiger partial charge in [0.25, 0.3) is 0 Å². The van der Waals surface area contributed by atoms with Gasteiger partial charge in [-0.15, -0.1) is 0 Å². The van der Waals surface area contributed by atoms with E-state index in [1.807, 2.05) is 45.0 Å². The Morgan fingerprint density at radius 1 is 1.17 bits per heavy atom. The van der Waals surface area contributed by atoms with Crippen molar-refractivity contribution in [2.45, 2.75) is 45.8 Å². The standard InChI is InChI=1S/C28H35FN4O2/c1-28(2,3)35-27(34)32-17-13-20(14-18-32)26-23-12-11-21(22-9-6-7-10-24(22)29)19-25(23)30-33(26)16-8-15-31(4)5/h6-7,9-13,19H,8,14-18H2,1-5H3. The van der Waals surface area contributed by atoms with Gasteiger partial charge in [-0.25, -0.2) is 9.18 Å². The van der Waals surface area contributed by atoms with Gasteiger partial charge in [0.2, 0.25) is 0 Å². The number of nitrogens with zero attached hydrogens (tertiary/aromatic N) is 4. The van der Waals surface area contributed by atoms with E-state index >= 15 is 0 Å². The summed E-state index contributed by atoms with van der Waals surface area (Å²) in [6.45, 7) is 8.48. The van der Waals surface area contributed by atoms with Gasteiger partial charge < -0.3 is 14.5 Å². The second-order valence-electron chi connectivity index (χ2n) is 10.3. The third-order valence-corrected chi connectivity index (χ3v) is 6.06. The van der Waals surface area contributed by atoms with Gasteiger partial charge >= 0.3 is 6.09 Å². The SMILES string of the molecule is CN(C)CCCn1nc2cc(-c3ccccc3F)ccc2c1C1=CCN(C(=O)OC(C)(C)C)CC1. The van der Waals surface area contributed by atoms with E-state index in [-0.39, 0.29) is 11.9 Å². The number of benzene rings is 2. The highest BCUT2D eigenvalue weighted by molar-refractivity contribution is 5.93. The molecule has 0 radical (unpaired) electrons. The van der Waals surface area contributed by atoms with E-state index in [0.29, 0.717) is 18.7 Å². The molecule has 0 spiro atoms. The number of carbonyl (C=O) groups is 1. The average Bonchev–Trinajstić information content (AvgIpc) is 3.15. The highest BCUT2D eigenvalue weighted by atomic mass is 19.1. The lowest BCUT2D eigenvalue weighted by Crippen LogP contribution is -2.39. The van der Waals surface area contributed by atoms with Gasteiger partial charge in [-0.05, 0) is 83.6 Å². The van der Waals surface area contributed by atoms with E-state index in [1.165, 1.54) is 11.6 Å². The zero-order valence-electron chi connectivity index (χ0n) is 21.3. The molecule has 6 nitrogen and oxygen atoms in total. The number of halogens is 1. The van der Waals surface area contributed by atoms with Gasteiger partial charge in [-0.2, -0.15) is 5.10 Å². The van der Waals surface area contributed by atoms with Crippen LogP contribution in [0.1, 0.15) is 39.3 Å². The largest absolute Gasteiger partial charge is 0.444 e. The smallest absolute Gasteiger partial charge is 0.410 e. The first-order chi connectivity index (χ1) is 16.6. The molecule has 0 unspecified atom stereocenters. The van der Waals surface area contributed by atoms with Crippen molar-refractivity contribution in [2.75, 3.05) is 33.7 Å². The first kappa shape index (κ1) is 24.9. The molecule has 2 aromatic carbocycles. The second kappa shape index (κ2) is 10.2. The Balaban J connectivity index is 1.67. The summed E-state index contributed by atoms with van der Waals surface area (Å²) in [6, 6.07) is 12.8. The minimum Gasteiger partial charge on any atom is -0.444 e. The molecule has 0 aliphatic carbocycles. The van der Waals surface area contributed by atoms with Gasteiger partial charge in [0.1, 0.15) is 11.4 Å². The molecule has 186 valence electrons. The third kappa shape index (κ3) is 5.90. The molecule has 2 heterocycles. The van der Waals surface area contributed by atoms with Crippen LogP contribution in [0.25, 0.3) is 27.6 Å². The minimum atomic E-state index is -0.516. The quantitative estimate of drug-likeness (QED) is 0.448. The van der Waals surface area contributed by atoms with Gasteiger partial charge in [0.05, 0.1) is 11.2 Å². The predicted octanol–water partition coefficient (Wildman–Crippen LogP) is 5.82. The number of aryl methyl sites for hydroxylation is 1. The zero-order chi connectivity index (χ0) is 25.2. The maximum Gasteiger partial charge on any atom is 0.410 e. The number of ether oxygens (including phenoxy) is 1. The van der Waals surface area contributed by atoms with Gasteiger partial charge in [-0.1, -0.05) is 30.3 Å². The van der Waals surface area contributed by atoms with E-state index in [0.717, 1.165) is 48.1 Å². The number of hydrogen-bond acceptors (Lipinski definition) is 4. The molecule has 0 fully saturated rings. The summed E-state index contributed by atoms with van der Waals surface area (Å²) in [6.07, 6.45) is 3.51. The van der Waals surface area contributed by atoms with E-state index in [4.69, 9.17) is 9.84 Å². The summed E-state index contributed by atoms with van der Waals surface area (Å²) in [7, 11) is 4.13. The van der Waals surface area contributed by atoms with Gasteiger partial charge in [0.15, 0.2) is 0 Å². The molecule has 1 aliphatic heterocycles. The Hall–Kier alpha value is -3.19. The summed E-state index contributed by atoms with van der Waals surface area (Å²) in [5.74, 6) is -0.241. The Labute approximate surface area is 207 Å². The molecule has 0 bridgehead atoms. The van der Waals surface area contributed by atoms with Crippen LogP contribution < -0.4 is 0 Å². The lowest BCUT2D eigenvalue weighted by Gasteiger charge is -2.29. The Bertz CT molecular complexity index is 1240. The van der Waals surface area contributed by atoms with E-state index < -0.39 is 5.60 Å². The molecule has 1 amide bonds. The van der Waals surface area contributed by atoms with E-state index in [2.05, 4.69) is 29.8 Å². The molecular formula is C28H35FN4O2. The van der Waals surface area contributed by atoms with Crippen molar-refractivity contribution in [3.63, 3.8) is 0 Å². The Morgan fingerprint density at radius 3 is 2.60 bits per heavy atom. The van der Waals surface area contributed by atoms with Crippen LogP contribution in [0.5, 0.6) is 0 Å². The number of carbonyl (C=O) groups excluding carboxylic acids is 1. The van der Waals surface area contributed by atoms with Crippen LogP contribution in [0, 0.1) is 5.82 Å². The van der Waals surface area contributed by atoms with Gasteiger partial charge in [-0.3, -0.25) is 4.68 Å². The molecule has 3 aromatic rings. The topological polar surface area (TPSA) is 50.6 Å². The van der Waals surface area contributed by atoms with Crippen molar-refractivity contribution in [1.29, 1.82) is 0 Å². The minimum absolute atomic E-state index is 0.241. The second-order valence-corrected chi connectivity index (χ2v) is 10.3. The number of rotatable bonds is 6. The molecule has 1 aliphatic rings. The maximum absolute atomic E-state index is 14.4. The number of fused-ring (bicyclic) bond motifs is 1. The Kier molecular flexibility index (Phi) is 7.26. The highest BCUT2D eigenvalue weighted by Gasteiger charge is 2.26. The van der Waals surface area contributed by atoms with Crippen molar-refractivity contribution in [1.82, 2.24) is 19.6 Å². The van der Waals surface area contributed by atoms with E-state index in [1.54, 1.807) is 17.0 Å². The van der Waals surface area contributed by atoms with Crippen molar-refractivity contribution in [3.05, 3.63) is 60.1 Å². The number of amides is 1. The highest BCUT2D eigenvalue weighted by Crippen LogP contribution is 2.33. The van der Waals surface area contributed by atoms with Crippen molar-refractivity contribution < 1.29 is 13.9 Å². The van der Waals surface area contributed by atoms with Crippen molar-refractivity contribution in [2.24, 2.45) is 0 Å².